The number of rotatable bonds is 5. The van der Waals surface area contributed by atoms with Crippen molar-refractivity contribution in [3.05, 3.63) is 58.7 Å². The van der Waals surface area contributed by atoms with Gasteiger partial charge in [-0.3, -0.25) is 4.79 Å². The lowest BCUT2D eigenvalue weighted by Gasteiger charge is -2.19. The normalized spacial score (nSPS) is 11.7. The zero-order chi connectivity index (χ0) is 17.0. The van der Waals surface area contributed by atoms with Gasteiger partial charge in [0, 0.05) is 11.1 Å². The number of nitrogens with one attached hydrogen (secondary N) is 1. The Morgan fingerprint density at radius 1 is 1.04 bits per heavy atom. The lowest BCUT2D eigenvalue weighted by molar-refractivity contribution is 0.0938. The smallest absolute Gasteiger partial charge is 0.252 e. The Hall–Kier alpha value is -2.49. The van der Waals surface area contributed by atoms with E-state index in [1.807, 2.05) is 57.2 Å². The molecule has 1 unspecified atom stereocenters. The fraction of sp³-hybridized carbons (Fsp3) is 0.316. The molecule has 1 amide bonds. The quantitative estimate of drug-likeness (QED) is 0.913. The standard InChI is InChI=1S/C19H23NO3/c1-12-6-7-13(2)16(10-12)19(21)20-14(3)17-11-15(22-4)8-9-18(17)23-5/h6-11,14H,1-5H3,(H,20,21). The lowest BCUT2D eigenvalue weighted by atomic mass is 10.0. The number of aryl methyl sites for hydroxylation is 2. The number of hydrogen-bond donors (Lipinski definition) is 1. The first kappa shape index (κ1) is 16.9. The minimum atomic E-state index is -0.201. The fourth-order valence-corrected chi connectivity index (χ4v) is 2.51. The molecule has 0 aliphatic carbocycles. The van der Waals surface area contributed by atoms with Gasteiger partial charge in [0.15, 0.2) is 0 Å². The van der Waals surface area contributed by atoms with Crippen LogP contribution in [-0.2, 0) is 0 Å². The number of hydrogen-bond acceptors (Lipinski definition) is 3. The minimum Gasteiger partial charge on any atom is -0.497 e. The second kappa shape index (κ2) is 7.18. The van der Waals surface area contributed by atoms with Crippen LogP contribution in [0.1, 0.15) is 40.0 Å². The van der Waals surface area contributed by atoms with E-state index in [-0.39, 0.29) is 11.9 Å². The van der Waals surface area contributed by atoms with Crippen LogP contribution in [0.4, 0.5) is 0 Å². The van der Waals surface area contributed by atoms with Crippen LogP contribution >= 0.6 is 0 Å². The molecule has 1 N–H and O–H groups in total. The van der Waals surface area contributed by atoms with Crippen molar-refractivity contribution in [2.75, 3.05) is 14.2 Å². The van der Waals surface area contributed by atoms with E-state index in [0.29, 0.717) is 5.56 Å². The Morgan fingerprint density at radius 3 is 2.43 bits per heavy atom. The van der Waals surface area contributed by atoms with Crippen molar-refractivity contribution >= 4 is 5.91 Å². The van der Waals surface area contributed by atoms with Crippen molar-refractivity contribution < 1.29 is 14.3 Å². The van der Waals surface area contributed by atoms with Crippen molar-refractivity contribution in [2.24, 2.45) is 0 Å². The molecule has 2 aromatic carbocycles. The molecule has 122 valence electrons. The van der Waals surface area contributed by atoms with Crippen molar-refractivity contribution in [3.63, 3.8) is 0 Å². The highest BCUT2D eigenvalue weighted by Crippen LogP contribution is 2.29. The molecule has 0 spiro atoms. The van der Waals surface area contributed by atoms with Crippen molar-refractivity contribution in [1.82, 2.24) is 5.32 Å². The van der Waals surface area contributed by atoms with Gasteiger partial charge in [-0.1, -0.05) is 17.7 Å². The van der Waals surface area contributed by atoms with E-state index in [1.54, 1.807) is 14.2 Å². The van der Waals surface area contributed by atoms with Gasteiger partial charge in [-0.2, -0.15) is 0 Å². The monoisotopic (exact) mass is 313 g/mol. The number of amides is 1. The first-order chi connectivity index (χ1) is 11.0. The van der Waals surface area contributed by atoms with E-state index in [2.05, 4.69) is 5.32 Å². The molecule has 0 fully saturated rings. The summed E-state index contributed by atoms with van der Waals surface area (Å²) in [4.78, 5) is 12.6. The number of methoxy groups -OCH3 is 2. The van der Waals surface area contributed by atoms with Crippen LogP contribution in [0, 0.1) is 13.8 Å². The van der Waals surface area contributed by atoms with Crippen molar-refractivity contribution in [1.29, 1.82) is 0 Å². The van der Waals surface area contributed by atoms with Gasteiger partial charge in [0.1, 0.15) is 11.5 Å². The third-order valence-electron chi connectivity index (χ3n) is 3.89. The Balaban J connectivity index is 2.26. The summed E-state index contributed by atoms with van der Waals surface area (Å²) in [7, 11) is 3.23. The topological polar surface area (TPSA) is 47.6 Å². The van der Waals surface area contributed by atoms with Gasteiger partial charge in [-0.15, -0.1) is 0 Å². The lowest BCUT2D eigenvalue weighted by Crippen LogP contribution is -2.27. The van der Waals surface area contributed by atoms with E-state index in [4.69, 9.17) is 9.47 Å². The van der Waals surface area contributed by atoms with Gasteiger partial charge in [0.05, 0.1) is 20.3 Å². The summed E-state index contributed by atoms with van der Waals surface area (Å²) in [6.45, 7) is 5.84. The minimum absolute atomic E-state index is 0.0939. The van der Waals surface area contributed by atoms with E-state index in [9.17, 15) is 4.79 Å². The Kier molecular flexibility index (Phi) is 5.27. The summed E-state index contributed by atoms with van der Waals surface area (Å²) in [6.07, 6.45) is 0. The predicted octanol–water partition coefficient (Wildman–Crippen LogP) is 3.81. The second-order valence-corrected chi connectivity index (χ2v) is 5.62. The van der Waals surface area contributed by atoms with Crippen molar-refractivity contribution in [2.45, 2.75) is 26.8 Å². The zero-order valence-corrected chi connectivity index (χ0v) is 14.3. The highest BCUT2D eigenvalue weighted by Gasteiger charge is 2.17. The SMILES string of the molecule is COc1ccc(OC)c(C(C)NC(=O)c2cc(C)ccc2C)c1. The van der Waals surface area contributed by atoms with E-state index in [0.717, 1.165) is 28.2 Å². The first-order valence-electron chi connectivity index (χ1n) is 7.56. The van der Waals surface area contributed by atoms with Gasteiger partial charge >= 0.3 is 0 Å². The fourth-order valence-electron chi connectivity index (χ4n) is 2.51. The number of carbonyl (C=O) groups is 1. The molecule has 1 atom stereocenters. The van der Waals surface area contributed by atoms with Crippen LogP contribution in [0.5, 0.6) is 11.5 Å². The Morgan fingerprint density at radius 2 is 1.78 bits per heavy atom. The maximum atomic E-state index is 12.6. The molecular weight excluding hydrogens is 290 g/mol. The first-order valence-corrected chi connectivity index (χ1v) is 7.56. The van der Waals surface area contributed by atoms with Crippen LogP contribution in [0.15, 0.2) is 36.4 Å². The molecule has 2 aromatic rings. The molecule has 0 aliphatic rings. The van der Waals surface area contributed by atoms with Gasteiger partial charge in [-0.05, 0) is 50.6 Å². The number of benzene rings is 2. The summed E-state index contributed by atoms with van der Waals surface area (Å²) in [5.41, 5.74) is 3.59. The van der Waals surface area contributed by atoms with Gasteiger partial charge in [-0.25, -0.2) is 0 Å². The predicted molar refractivity (Wildman–Crippen MR) is 91.3 cm³/mol. The summed E-state index contributed by atoms with van der Waals surface area (Å²) in [6, 6.07) is 11.2. The average Bonchev–Trinajstić information content (AvgIpc) is 2.56. The molecule has 0 bridgehead atoms. The zero-order valence-electron chi connectivity index (χ0n) is 14.3. The van der Waals surface area contributed by atoms with E-state index in [1.165, 1.54) is 0 Å². The van der Waals surface area contributed by atoms with Gasteiger partial charge < -0.3 is 14.8 Å². The van der Waals surface area contributed by atoms with Crippen LogP contribution < -0.4 is 14.8 Å². The van der Waals surface area contributed by atoms with Crippen LogP contribution in [-0.4, -0.2) is 20.1 Å². The maximum Gasteiger partial charge on any atom is 0.252 e. The maximum absolute atomic E-state index is 12.6. The largest absolute Gasteiger partial charge is 0.497 e. The summed E-state index contributed by atoms with van der Waals surface area (Å²) < 4.78 is 10.6. The van der Waals surface area contributed by atoms with E-state index >= 15 is 0 Å². The Bertz CT molecular complexity index is 710. The molecule has 4 heteroatoms. The van der Waals surface area contributed by atoms with Crippen molar-refractivity contribution in [3.8, 4) is 11.5 Å². The highest BCUT2D eigenvalue weighted by molar-refractivity contribution is 5.96. The Labute approximate surface area is 137 Å². The molecule has 4 nitrogen and oxygen atoms in total. The highest BCUT2D eigenvalue weighted by atomic mass is 16.5. The molecule has 0 aliphatic heterocycles. The van der Waals surface area contributed by atoms with Crippen LogP contribution in [0.25, 0.3) is 0 Å². The summed E-state index contributed by atoms with van der Waals surface area (Å²) in [5.74, 6) is 1.36. The van der Waals surface area contributed by atoms with Gasteiger partial charge in [0.25, 0.3) is 5.91 Å². The molecule has 0 radical (unpaired) electrons. The third kappa shape index (κ3) is 3.83. The molecular formula is C19H23NO3. The second-order valence-electron chi connectivity index (χ2n) is 5.62. The number of ether oxygens (including phenoxy) is 2. The molecule has 0 saturated heterocycles. The van der Waals surface area contributed by atoms with Crippen LogP contribution in [0.2, 0.25) is 0 Å². The third-order valence-corrected chi connectivity index (χ3v) is 3.89. The summed E-state index contributed by atoms with van der Waals surface area (Å²) in [5, 5.41) is 3.03. The molecule has 23 heavy (non-hydrogen) atoms. The molecule has 0 heterocycles. The van der Waals surface area contributed by atoms with Crippen LogP contribution in [0.3, 0.4) is 0 Å². The summed E-state index contributed by atoms with van der Waals surface area (Å²) >= 11 is 0. The molecule has 0 saturated carbocycles. The van der Waals surface area contributed by atoms with E-state index < -0.39 is 0 Å². The number of carbonyl (C=O) groups excluding carboxylic acids is 1. The average molecular weight is 313 g/mol. The van der Waals surface area contributed by atoms with Gasteiger partial charge in [0.2, 0.25) is 0 Å². The molecule has 0 aromatic heterocycles. The molecule has 2 rings (SSSR count).